The maximum absolute atomic E-state index is 13.1. The van der Waals surface area contributed by atoms with Crippen molar-refractivity contribution in [2.24, 2.45) is 0 Å². The Labute approximate surface area is 248 Å². The van der Waals surface area contributed by atoms with Crippen LogP contribution in [-0.4, -0.2) is 22.7 Å². The minimum absolute atomic E-state index is 0.00461. The molecule has 1 aliphatic heterocycles. The van der Waals surface area contributed by atoms with Crippen molar-refractivity contribution in [3.8, 4) is 11.5 Å². The van der Waals surface area contributed by atoms with Gasteiger partial charge in [-0.15, -0.1) is 0 Å². The van der Waals surface area contributed by atoms with Gasteiger partial charge >= 0.3 is 0 Å². The predicted molar refractivity (Wildman–Crippen MR) is 162 cm³/mol. The fourth-order valence-electron chi connectivity index (χ4n) is 4.27. The molecule has 4 aromatic rings. The summed E-state index contributed by atoms with van der Waals surface area (Å²) in [6.07, 6.45) is 1.67. The van der Waals surface area contributed by atoms with E-state index >= 15 is 0 Å². The van der Waals surface area contributed by atoms with E-state index in [0.29, 0.717) is 55.3 Å². The molecule has 198 valence electrons. The Morgan fingerprint density at radius 1 is 0.949 bits per heavy atom. The van der Waals surface area contributed by atoms with Gasteiger partial charge in [0.1, 0.15) is 6.61 Å². The summed E-state index contributed by atoms with van der Waals surface area (Å²) in [5, 5.41) is 2.68. The highest BCUT2D eigenvalue weighted by molar-refractivity contribution is 9.10. The molecule has 1 aliphatic rings. The average Bonchev–Trinajstić information content (AvgIpc) is 3.17. The molecular formula is C30H22BrCl2NO4S. The number of carbonyl (C=O) groups is 2. The fourth-order valence-corrected chi connectivity index (χ4v) is 6.20. The van der Waals surface area contributed by atoms with Crippen LogP contribution in [0, 0.1) is 0 Å². The molecule has 1 heterocycles. The maximum atomic E-state index is 13.1. The van der Waals surface area contributed by atoms with Crippen molar-refractivity contribution in [2.75, 3.05) is 6.61 Å². The van der Waals surface area contributed by atoms with Crippen LogP contribution in [0.3, 0.4) is 0 Å². The lowest BCUT2D eigenvalue weighted by Gasteiger charge is -2.16. The van der Waals surface area contributed by atoms with Gasteiger partial charge in [0.15, 0.2) is 11.5 Å². The van der Waals surface area contributed by atoms with E-state index in [2.05, 4.69) is 34.1 Å². The second-order valence-corrected chi connectivity index (χ2v) is 11.3. The second-order valence-electron chi connectivity index (χ2n) is 8.66. The molecule has 5 rings (SSSR count). The first-order valence-corrected chi connectivity index (χ1v) is 14.5. The van der Waals surface area contributed by atoms with Crippen molar-refractivity contribution in [3.63, 3.8) is 0 Å². The number of carbonyl (C=O) groups excluding carboxylic acids is 2. The van der Waals surface area contributed by atoms with Crippen LogP contribution in [0.5, 0.6) is 11.5 Å². The molecule has 4 aromatic carbocycles. The number of halogens is 3. The zero-order valence-corrected chi connectivity index (χ0v) is 24.7. The summed E-state index contributed by atoms with van der Waals surface area (Å²) in [6, 6.07) is 23.0. The summed E-state index contributed by atoms with van der Waals surface area (Å²) in [6.45, 7) is 2.66. The molecule has 0 spiro atoms. The largest absolute Gasteiger partial charge is 0.490 e. The van der Waals surface area contributed by atoms with E-state index in [1.807, 2.05) is 37.3 Å². The maximum Gasteiger partial charge on any atom is 0.293 e. The summed E-state index contributed by atoms with van der Waals surface area (Å²) < 4.78 is 12.8. The first kappa shape index (κ1) is 27.6. The van der Waals surface area contributed by atoms with Gasteiger partial charge in [0.2, 0.25) is 0 Å². The lowest BCUT2D eigenvalue weighted by Crippen LogP contribution is -2.27. The number of rotatable bonds is 8. The van der Waals surface area contributed by atoms with Gasteiger partial charge in [-0.3, -0.25) is 14.5 Å². The molecule has 0 N–H and O–H groups in total. The summed E-state index contributed by atoms with van der Waals surface area (Å²) >= 11 is 17.0. The molecule has 1 fully saturated rings. The summed E-state index contributed by atoms with van der Waals surface area (Å²) in [4.78, 5) is 27.3. The van der Waals surface area contributed by atoms with Crippen molar-refractivity contribution in [1.29, 1.82) is 0 Å². The molecule has 5 nitrogen and oxygen atoms in total. The van der Waals surface area contributed by atoms with Crippen molar-refractivity contribution < 1.29 is 19.1 Å². The number of thioether (sulfide) groups is 1. The predicted octanol–water partition coefficient (Wildman–Crippen LogP) is 9.12. The molecule has 0 unspecified atom stereocenters. The Hall–Kier alpha value is -2.97. The van der Waals surface area contributed by atoms with Gasteiger partial charge in [-0.1, -0.05) is 71.7 Å². The van der Waals surface area contributed by atoms with Gasteiger partial charge in [0.25, 0.3) is 11.1 Å². The molecule has 39 heavy (non-hydrogen) atoms. The first-order valence-electron chi connectivity index (χ1n) is 12.1. The normalized spacial score (nSPS) is 14.5. The quantitative estimate of drug-likeness (QED) is 0.179. The first-order chi connectivity index (χ1) is 18.9. The van der Waals surface area contributed by atoms with Crippen LogP contribution in [0.4, 0.5) is 4.79 Å². The number of benzene rings is 4. The number of hydrogen-bond donors (Lipinski definition) is 0. The van der Waals surface area contributed by atoms with E-state index in [1.165, 1.54) is 0 Å². The Bertz CT molecular complexity index is 1600. The molecule has 9 heteroatoms. The van der Waals surface area contributed by atoms with Crippen LogP contribution in [0.2, 0.25) is 10.0 Å². The molecule has 0 radical (unpaired) electrons. The van der Waals surface area contributed by atoms with E-state index in [-0.39, 0.29) is 11.8 Å². The van der Waals surface area contributed by atoms with Crippen LogP contribution in [0.25, 0.3) is 16.8 Å². The van der Waals surface area contributed by atoms with E-state index in [9.17, 15) is 9.59 Å². The Morgan fingerprint density at radius 2 is 1.67 bits per heavy atom. The summed E-state index contributed by atoms with van der Waals surface area (Å²) in [5.41, 5.74) is 2.27. The molecule has 0 saturated carbocycles. The lowest BCUT2D eigenvalue weighted by atomic mass is 10.1. The van der Waals surface area contributed by atoms with E-state index < -0.39 is 5.91 Å². The van der Waals surface area contributed by atoms with Crippen LogP contribution in [0.15, 0.2) is 82.2 Å². The monoisotopic (exact) mass is 641 g/mol. The van der Waals surface area contributed by atoms with Gasteiger partial charge < -0.3 is 9.47 Å². The van der Waals surface area contributed by atoms with Gasteiger partial charge in [-0.2, -0.15) is 0 Å². The molecule has 0 aliphatic carbocycles. The number of imide groups is 1. The Kier molecular flexibility index (Phi) is 8.52. The van der Waals surface area contributed by atoms with Gasteiger partial charge in [0.05, 0.1) is 22.5 Å². The van der Waals surface area contributed by atoms with Crippen molar-refractivity contribution >= 4 is 78.9 Å². The highest BCUT2D eigenvalue weighted by Crippen LogP contribution is 2.40. The number of amides is 2. The molecule has 0 bridgehead atoms. The molecule has 0 atom stereocenters. The third-order valence-corrected chi connectivity index (χ3v) is 8.34. The number of nitrogens with zero attached hydrogens (tertiary/aromatic N) is 1. The van der Waals surface area contributed by atoms with E-state index in [1.54, 1.807) is 30.3 Å². The van der Waals surface area contributed by atoms with Gasteiger partial charge in [-0.25, -0.2) is 0 Å². The number of fused-ring (bicyclic) bond motifs is 1. The highest BCUT2D eigenvalue weighted by atomic mass is 79.9. The highest BCUT2D eigenvalue weighted by Gasteiger charge is 2.36. The topological polar surface area (TPSA) is 55.8 Å². The third-order valence-electron chi connectivity index (χ3n) is 6.13. The standard InChI is InChI=1S/C30H22BrCl2NO4S/c1-2-37-26-14-18(13-23(31)28(26)38-17-20-9-5-8-19-7-3-4-10-21(19)20)15-27-29(35)34(30(36)39-27)16-22-24(32)11-6-12-25(22)33/h3-15H,2,16-17H2,1H3/b27-15-. The smallest absolute Gasteiger partial charge is 0.293 e. The summed E-state index contributed by atoms with van der Waals surface area (Å²) in [5.74, 6) is 0.676. The SMILES string of the molecule is CCOc1cc(/C=C2\SC(=O)N(Cc3c(Cl)cccc3Cl)C2=O)cc(Br)c1OCc1cccc2ccccc12. The molecule has 0 aromatic heterocycles. The molecular weight excluding hydrogens is 621 g/mol. The summed E-state index contributed by atoms with van der Waals surface area (Å²) in [7, 11) is 0. The average molecular weight is 643 g/mol. The minimum atomic E-state index is -0.411. The van der Waals surface area contributed by atoms with E-state index in [4.69, 9.17) is 32.7 Å². The van der Waals surface area contributed by atoms with Crippen molar-refractivity contribution in [2.45, 2.75) is 20.1 Å². The number of hydrogen-bond acceptors (Lipinski definition) is 5. The fraction of sp³-hybridized carbons (Fsp3) is 0.133. The van der Waals surface area contributed by atoms with Crippen LogP contribution in [-0.2, 0) is 17.9 Å². The van der Waals surface area contributed by atoms with Crippen LogP contribution < -0.4 is 9.47 Å². The third kappa shape index (κ3) is 5.97. The zero-order valence-electron chi connectivity index (χ0n) is 20.7. The Morgan fingerprint density at radius 3 is 2.44 bits per heavy atom. The van der Waals surface area contributed by atoms with Crippen molar-refractivity contribution in [3.05, 3.63) is 109 Å². The Balaban J connectivity index is 1.39. The molecule has 1 saturated heterocycles. The van der Waals surface area contributed by atoms with E-state index in [0.717, 1.165) is 33.0 Å². The zero-order chi connectivity index (χ0) is 27.5. The van der Waals surface area contributed by atoms with Crippen LogP contribution >= 0.6 is 50.9 Å². The minimum Gasteiger partial charge on any atom is -0.490 e. The van der Waals surface area contributed by atoms with Crippen LogP contribution in [0.1, 0.15) is 23.6 Å². The van der Waals surface area contributed by atoms with Crippen molar-refractivity contribution in [1.82, 2.24) is 4.90 Å². The number of ether oxygens (including phenoxy) is 2. The van der Waals surface area contributed by atoms with Gasteiger partial charge in [0, 0.05) is 15.6 Å². The van der Waals surface area contributed by atoms with Gasteiger partial charge in [-0.05, 0) is 86.9 Å². The second kappa shape index (κ2) is 12.0. The molecule has 2 amide bonds. The lowest BCUT2D eigenvalue weighted by molar-refractivity contribution is -0.123.